The fraction of sp³-hybridized carbons (Fsp3) is 0.182. The van der Waals surface area contributed by atoms with Crippen LogP contribution in [0.15, 0.2) is 28.2 Å². The first-order valence-corrected chi connectivity index (χ1v) is 6.64. The summed E-state index contributed by atoms with van der Waals surface area (Å²) in [6.45, 7) is 1.66. The Morgan fingerprint density at radius 1 is 1.50 bits per heavy atom. The number of carbonyl (C=O) groups excluding carboxylic acids is 1. The molecule has 1 aliphatic heterocycles. The van der Waals surface area contributed by atoms with Crippen LogP contribution in [0.3, 0.4) is 0 Å². The number of ketones is 1. The number of benzene rings is 1. The van der Waals surface area contributed by atoms with Crippen LogP contribution < -0.4 is 5.32 Å². The van der Waals surface area contributed by atoms with Gasteiger partial charge in [0.15, 0.2) is 16.1 Å². The third kappa shape index (κ3) is 3.48. The van der Waals surface area contributed by atoms with E-state index >= 15 is 0 Å². The summed E-state index contributed by atoms with van der Waals surface area (Å²) >= 11 is 13.2. The van der Waals surface area contributed by atoms with E-state index in [0.29, 0.717) is 20.4 Å². The second-order valence-electron chi connectivity index (χ2n) is 3.57. The maximum atomic E-state index is 10.7. The van der Waals surface area contributed by atoms with Crippen LogP contribution in [0.4, 0.5) is 5.69 Å². The van der Waals surface area contributed by atoms with Gasteiger partial charge in [-0.25, -0.2) is 0 Å². The lowest BCUT2D eigenvalue weighted by molar-refractivity contribution is -0.115. The molecular formula is C11H9Cl2N3OS. The molecule has 0 amide bonds. The van der Waals surface area contributed by atoms with Gasteiger partial charge in [-0.15, -0.1) is 0 Å². The summed E-state index contributed by atoms with van der Waals surface area (Å²) in [5, 5.41) is 5.45. The number of nitrogens with zero attached hydrogens (tertiary/aromatic N) is 2. The van der Waals surface area contributed by atoms with E-state index in [2.05, 4.69) is 15.3 Å². The topological polar surface area (TPSA) is 53.8 Å². The minimum atomic E-state index is 0.0143. The van der Waals surface area contributed by atoms with E-state index in [1.807, 2.05) is 0 Å². The number of carbonyl (C=O) groups is 1. The van der Waals surface area contributed by atoms with E-state index in [1.165, 1.54) is 18.7 Å². The summed E-state index contributed by atoms with van der Waals surface area (Å²) in [6, 6.07) is 5.17. The molecule has 1 aromatic carbocycles. The number of halogens is 2. The quantitative estimate of drug-likeness (QED) is 0.930. The fourth-order valence-electron chi connectivity index (χ4n) is 1.19. The molecule has 0 fully saturated rings. The van der Waals surface area contributed by atoms with Crippen LogP contribution in [0.5, 0.6) is 0 Å². The van der Waals surface area contributed by atoms with Crippen molar-refractivity contribution in [2.45, 2.75) is 6.92 Å². The van der Waals surface area contributed by atoms with E-state index in [9.17, 15) is 4.79 Å². The van der Waals surface area contributed by atoms with Crippen LogP contribution in [0.2, 0.25) is 10.0 Å². The molecule has 1 aliphatic rings. The molecule has 18 heavy (non-hydrogen) atoms. The summed E-state index contributed by atoms with van der Waals surface area (Å²) in [7, 11) is 0. The largest absolute Gasteiger partial charge is 0.333 e. The van der Waals surface area contributed by atoms with Gasteiger partial charge in [0.1, 0.15) is 6.54 Å². The molecule has 0 saturated heterocycles. The molecule has 0 saturated carbocycles. The van der Waals surface area contributed by atoms with E-state index < -0.39 is 0 Å². The first-order valence-electron chi connectivity index (χ1n) is 5.07. The summed E-state index contributed by atoms with van der Waals surface area (Å²) in [4.78, 5) is 18.9. The van der Waals surface area contributed by atoms with Crippen molar-refractivity contribution in [2.75, 3.05) is 11.9 Å². The van der Waals surface area contributed by atoms with Crippen molar-refractivity contribution in [3.8, 4) is 0 Å². The Labute approximate surface area is 118 Å². The summed E-state index contributed by atoms with van der Waals surface area (Å²) in [5.41, 5.74) is 0.734. The maximum Gasteiger partial charge on any atom is 0.193 e. The highest BCUT2D eigenvalue weighted by Gasteiger charge is 2.18. The Balaban J connectivity index is 1.99. The zero-order valence-electron chi connectivity index (χ0n) is 9.41. The van der Waals surface area contributed by atoms with Crippen LogP contribution in [-0.4, -0.2) is 22.7 Å². The van der Waals surface area contributed by atoms with Gasteiger partial charge in [-0.3, -0.25) is 9.79 Å². The van der Waals surface area contributed by atoms with E-state index in [0.717, 1.165) is 5.69 Å². The monoisotopic (exact) mass is 301 g/mol. The number of aliphatic imine (C=N–C) groups is 2. The molecule has 0 radical (unpaired) electrons. The molecule has 0 atom stereocenters. The molecule has 1 heterocycles. The van der Waals surface area contributed by atoms with Gasteiger partial charge in [-0.05, 0) is 36.9 Å². The molecule has 0 aromatic heterocycles. The predicted molar refractivity (Wildman–Crippen MR) is 78.1 cm³/mol. The van der Waals surface area contributed by atoms with Gasteiger partial charge in [0.25, 0.3) is 0 Å². The number of rotatable bonds is 3. The van der Waals surface area contributed by atoms with Gasteiger partial charge in [0.05, 0.1) is 10.7 Å². The number of Topliss-reactive ketones (excluding diaryl/α,β-unsaturated/α-hetero) is 1. The average molecular weight is 302 g/mol. The molecule has 0 spiro atoms. The maximum absolute atomic E-state index is 10.7. The lowest BCUT2D eigenvalue weighted by atomic mass is 10.3. The molecule has 0 unspecified atom stereocenters. The first-order chi connectivity index (χ1) is 8.54. The van der Waals surface area contributed by atoms with Crippen LogP contribution >= 0.6 is 35.0 Å². The van der Waals surface area contributed by atoms with Crippen molar-refractivity contribution < 1.29 is 4.79 Å². The molecule has 7 heteroatoms. The number of hydrogen-bond donors (Lipinski definition) is 1. The summed E-state index contributed by atoms with van der Waals surface area (Å²) in [6.07, 6.45) is 0. The standard InChI is InChI=1S/C11H9Cl2N3OS/c1-6(17)5-14-10-16-11(18-10)15-9-3-2-7(12)4-8(9)13/h2-4H,5H2,1H3,(H,14,15,16). The van der Waals surface area contributed by atoms with E-state index in [1.54, 1.807) is 18.2 Å². The Kier molecular flexibility index (Phi) is 4.27. The van der Waals surface area contributed by atoms with Gasteiger partial charge in [0.2, 0.25) is 0 Å². The number of amidine groups is 2. The van der Waals surface area contributed by atoms with Crippen molar-refractivity contribution in [3.63, 3.8) is 0 Å². The molecule has 94 valence electrons. The highest BCUT2D eigenvalue weighted by molar-refractivity contribution is 8.29. The van der Waals surface area contributed by atoms with Gasteiger partial charge >= 0.3 is 0 Å². The second-order valence-corrected chi connectivity index (χ2v) is 5.37. The highest BCUT2D eigenvalue weighted by Crippen LogP contribution is 2.28. The van der Waals surface area contributed by atoms with E-state index in [-0.39, 0.29) is 12.3 Å². The van der Waals surface area contributed by atoms with Crippen LogP contribution in [0.1, 0.15) is 6.92 Å². The number of nitrogens with one attached hydrogen (secondary N) is 1. The molecule has 0 aliphatic carbocycles. The smallest absolute Gasteiger partial charge is 0.193 e. The Hall–Kier alpha value is -1.04. The SMILES string of the molecule is CC(=O)CN=C1N=C(Nc2ccc(Cl)cc2Cl)S1. The van der Waals surface area contributed by atoms with Crippen molar-refractivity contribution in [1.29, 1.82) is 0 Å². The lowest BCUT2D eigenvalue weighted by Gasteiger charge is -2.16. The van der Waals surface area contributed by atoms with Crippen molar-refractivity contribution >= 4 is 56.8 Å². The summed E-state index contributed by atoms with van der Waals surface area (Å²) in [5.74, 6) is 0.0143. The predicted octanol–water partition coefficient (Wildman–Crippen LogP) is 3.45. The highest BCUT2D eigenvalue weighted by atomic mass is 35.5. The lowest BCUT2D eigenvalue weighted by Crippen LogP contribution is -2.20. The van der Waals surface area contributed by atoms with Crippen molar-refractivity contribution in [1.82, 2.24) is 0 Å². The summed E-state index contributed by atoms with van der Waals surface area (Å²) < 4.78 is 0. The zero-order chi connectivity index (χ0) is 13.1. The Morgan fingerprint density at radius 2 is 2.22 bits per heavy atom. The zero-order valence-corrected chi connectivity index (χ0v) is 11.7. The Morgan fingerprint density at radius 3 is 2.83 bits per heavy atom. The average Bonchev–Trinajstić information content (AvgIpc) is 2.23. The molecule has 2 rings (SSSR count). The molecular weight excluding hydrogens is 293 g/mol. The molecule has 1 N–H and O–H groups in total. The van der Waals surface area contributed by atoms with Crippen molar-refractivity contribution in [2.24, 2.45) is 9.98 Å². The van der Waals surface area contributed by atoms with Gasteiger partial charge < -0.3 is 5.32 Å². The van der Waals surface area contributed by atoms with E-state index in [4.69, 9.17) is 23.2 Å². The third-order valence-corrected chi connectivity index (χ3v) is 3.33. The Bertz CT molecular complexity index is 557. The number of hydrogen-bond acceptors (Lipinski definition) is 4. The first kappa shape index (κ1) is 13.4. The molecule has 1 aromatic rings. The van der Waals surface area contributed by atoms with Crippen LogP contribution in [-0.2, 0) is 4.79 Å². The minimum Gasteiger partial charge on any atom is -0.333 e. The molecule has 4 nitrogen and oxygen atoms in total. The van der Waals surface area contributed by atoms with Gasteiger partial charge in [-0.1, -0.05) is 23.2 Å². The normalized spacial score (nSPS) is 16.2. The minimum absolute atomic E-state index is 0.0143. The van der Waals surface area contributed by atoms with Gasteiger partial charge in [0, 0.05) is 5.02 Å². The van der Waals surface area contributed by atoms with Crippen LogP contribution in [0, 0.1) is 0 Å². The van der Waals surface area contributed by atoms with Gasteiger partial charge in [-0.2, -0.15) is 4.99 Å². The fourth-order valence-corrected chi connectivity index (χ4v) is 2.24. The number of anilines is 1. The third-order valence-electron chi connectivity index (χ3n) is 1.99. The second kappa shape index (κ2) is 5.73. The van der Waals surface area contributed by atoms with Crippen LogP contribution in [0.25, 0.3) is 0 Å². The van der Waals surface area contributed by atoms with Crippen molar-refractivity contribution in [3.05, 3.63) is 28.2 Å². The molecule has 0 bridgehead atoms. The number of thioether (sulfide) groups is 1.